The lowest BCUT2D eigenvalue weighted by atomic mass is 9.93. The van der Waals surface area contributed by atoms with Gasteiger partial charge in [0.25, 0.3) is 0 Å². The lowest BCUT2D eigenvalue weighted by Gasteiger charge is -2.26. The van der Waals surface area contributed by atoms with E-state index >= 15 is 0 Å². The highest BCUT2D eigenvalue weighted by atomic mass is 16.2. The molecule has 64 heavy (non-hydrogen) atoms. The van der Waals surface area contributed by atoms with E-state index in [9.17, 15) is 38.4 Å². The first-order valence-electron chi connectivity index (χ1n) is 23.0. The molecule has 362 valence electrons. The van der Waals surface area contributed by atoms with Crippen molar-refractivity contribution in [2.45, 2.75) is 145 Å². The molecule has 1 rings (SSSR count). The highest BCUT2D eigenvalue weighted by molar-refractivity contribution is 5.88. The van der Waals surface area contributed by atoms with Gasteiger partial charge in [0.2, 0.25) is 47.3 Å². The molecule has 0 spiro atoms. The van der Waals surface area contributed by atoms with E-state index in [0.29, 0.717) is 18.9 Å². The van der Waals surface area contributed by atoms with E-state index in [2.05, 4.69) is 51.1 Å². The molecule has 0 aliphatic rings. The molecule has 0 aromatic heterocycles. The van der Waals surface area contributed by atoms with E-state index in [1.165, 1.54) is 0 Å². The van der Waals surface area contributed by atoms with Gasteiger partial charge in [-0.25, -0.2) is 0 Å². The molecular formula is C47H81N9O8. The lowest BCUT2D eigenvalue weighted by Crippen LogP contribution is -2.50. The number of nitrogens with one attached hydrogen (secondary N) is 7. The Morgan fingerprint density at radius 3 is 1.47 bits per heavy atom. The van der Waals surface area contributed by atoms with Crippen LogP contribution in [-0.2, 0) is 44.8 Å². The van der Waals surface area contributed by atoms with Crippen LogP contribution >= 0.6 is 0 Å². The van der Waals surface area contributed by atoms with Gasteiger partial charge in [-0.1, -0.05) is 99.6 Å². The highest BCUT2D eigenvalue weighted by Gasteiger charge is 2.28. The lowest BCUT2D eigenvalue weighted by molar-refractivity contribution is -0.131. The van der Waals surface area contributed by atoms with Gasteiger partial charge in [-0.05, 0) is 48.5 Å². The molecular weight excluding hydrogens is 819 g/mol. The van der Waals surface area contributed by atoms with Crippen molar-refractivity contribution in [2.24, 2.45) is 52.9 Å². The minimum atomic E-state index is -0.749. The summed E-state index contributed by atoms with van der Waals surface area (Å²) in [6.07, 6.45) is 1.26. The maximum absolute atomic E-state index is 13.8. The topological polar surface area (TPSA) is 273 Å². The Hall–Kier alpha value is -5.06. The molecule has 0 fully saturated rings. The number of benzene rings is 1. The Bertz CT molecular complexity index is 1640. The Morgan fingerprint density at radius 1 is 0.516 bits per heavy atom. The minimum Gasteiger partial charge on any atom is -0.370 e. The maximum atomic E-state index is 13.8. The zero-order valence-electron chi connectivity index (χ0n) is 40.1. The molecule has 1 aromatic carbocycles. The van der Waals surface area contributed by atoms with Crippen LogP contribution in [0.4, 0.5) is 0 Å². The van der Waals surface area contributed by atoms with E-state index < -0.39 is 35.7 Å². The minimum absolute atomic E-state index is 0.0333. The van der Waals surface area contributed by atoms with E-state index in [4.69, 9.17) is 11.5 Å². The number of carbonyl (C=O) groups is 8. The van der Waals surface area contributed by atoms with Gasteiger partial charge in [0.15, 0.2) is 0 Å². The molecule has 0 unspecified atom stereocenters. The first-order valence-corrected chi connectivity index (χ1v) is 23.0. The highest BCUT2D eigenvalue weighted by Crippen LogP contribution is 2.15. The zero-order valence-corrected chi connectivity index (χ0v) is 40.1. The van der Waals surface area contributed by atoms with Gasteiger partial charge >= 0.3 is 0 Å². The van der Waals surface area contributed by atoms with Crippen LogP contribution in [-0.4, -0.2) is 97.6 Å². The van der Waals surface area contributed by atoms with Crippen LogP contribution in [0.15, 0.2) is 30.3 Å². The van der Waals surface area contributed by atoms with Crippen molar-refractivity contribution in [2.75, 3.05) is 26.2 Å². The number of rotatable bonds is 31. The fraction of sp³-hybridized carbons (Fsp3) is 0.702. The standard InChI is InChI=1S/C47H81N9O8/c1-28(2)18-36(48)24-51-45(62)33(10)21-43(60)55-39(31(7)8)27-53-47(64)35(22-34-14-12-11-13-15-34)23-44(61)56-38(30(5)6)26-52-46(63)32(9)20-42(59)54-37(19-29(3)4)25-50-41(58)17-16-40(49)57/h11-15,28-33,35-39H,16-27,48H2,1-10H3,(H2,49,57)(H,50,58)(H,51,62)(H,52,63)(H,53,64)(H,54,59)(H,55,60)(H,56,61)/t32-,33-,35-,36-,37-,38+,39+/m0/s1. The molecule has 17 nitrogen and oxygen atoms in total. The fourth-order valence-corrected chi connectivity index (χ4v) is 7.01. The summed E-state index contributed by atoms with van der Waals surface area (Å²) in [5.41, 5.74) is 12.1. The Balaban J connectivity index is 2.87. The first kappa shape index (κ1) is 57.0. The van der Waals surface area contributed by atoms with Gasteiger partial charge in [-0.3, -0.25) is 38.4 Å². The molecule has 0 heterocycles. The Labute approximate surface area is 381 Å². The summed E-state index contributed by atoms with van der Waals surface area (Å²) in [5.74, 6) is -4.52. The third-order valence-corrected chi connectivity index (χ3v) is 10.9. The zero-order chi connectivity index (χ0) is 48.5. The normalized spacial score (nSPS) is 14.7. The van der Waals surface area contributed by atoms with Crippen molar-refractivity contribution in [3.05, 3.63) is 35.9 Å². The molecule has 0 saturated carbocycles. The monoisotopic (exact) mass is 900 g/mol. The van der Waals surface area contributed by atoms with Crippen molar-refractivity contribution in [1.82, 2.24) is 37.2 Å². The smallest absolute Gasteiger partial charge is 0.224 e. The number of hydrogen-bond acceptors (Lipinski definition) is 9. The van der Waals surface area contributed by atoms with Crippen LogP contribution in [0.25, 0.3) is 0 Å². The van der Waals surface area contributed by atoms with Crippen LogP contribution in [0, 0.1) is 41.4 Å². The molecule has 0 aliphatic heterocycles. The second kappa shape index (κ2) is 30.1. The third-order valence-electron chi connectivity index (χ3n) is 10.9. The summed E-state index contributed by atoms with van der Waals surface area (Å²) >= 11 is 0. The van der Waals surface area contributed by atoms with Gasteiger partial charge in [0, 0.05) is 94.3 Å². The Kier molecular flexibility index (Phi) is 26.8. The molecule has 8 amide bonds. The molecule has 0 saturated heterocycles. The van der Waals surface area contributed by atoms with Crippen molar-refractivity contribution < 1.29 is 38.4 Å². The second-order valence-electron chi connectivity index (χ2n) is 18.9. The molecule has 0 radical (unpaired) electrons. The number of carbonyl (C=O) groups excluding carboxylic acids is 8. The first-order chi connectivity index (χ1) is 30.0. The van der Waals surface area contributed by atoms with Gasteiger partial charge < -0.3 is 48.7 Å². The molecule has 1 aromatic rings. The fourth-order valence-electron chi connectivity index (χ4n) is 7.01. The van der Waals surface area contributed by atoms with Crippen molar-refractivity contribution in [3.8, 4) is 0 Å². The van der Waals surface area contributed by atoms with E-state index in [-0.39, 0.29) is 129 Å². The van der Waals surface area contributed by atoms with E-state index in [1.54, 1.807) is 13.8 Å². The summed E-state index contributed by atoms with van der Waals surface area (Å²) in [4.78, 5) is 102. The Morgan fingerprint density at radius 2 is 0.984 bits per heavy atom. The molecule has 0 aliphatic carbocycles. The average molecular weight is 900 g/mol. The van der Waals surface area contributed by atoms with Gasteiger partial charge in [0.1, 0.15) is 0 Å². The quantitative estimate of drug-likeness (QED) is 0.0528. The van der Waals surface area contributed by atoms with Crippen molar-refractivity contribution in [1.29, 1.82) is 0 Å². The van der Waals surface area contributed by atoms with Crippen molar-refractivity contribution in [3.63, 3.8) is 0 Å². The van der Waals surface area contributed by atoms with Crippen LogP contribution in [0.1, 0.15) is 120 Å². The summed E-state index contributed by atoms with van der Waals surface area (Å²) in [5, 5.41) is 20.2. The second-order valence-corrected chi connectivity index (χ2v) is 18.9. The van der Waals surface area contributed by atoms with Crippen LogP contribution in [0.2, 0.25) is 0 Å². The van der Waals surface area contributed by atoms with Crippen molar-refractivity contribution >= 4 is 47.3 Å². The molecule has 17 heteroatoms. The largest absolute Gasteiger partial charge is 0.370 e. The number of amides is 8. The van der Waals surface area contributed by atoms with Gasteiger partial charge in [0.05, 0.1) is 5.92 Å². The SMILES string of the molecule is CC(C)C[C@H](N)CNC(=O)[C@@H](C)CC(=O)N[C@H](CNC(=O)[C@H](CC(=O)N[C@H](CNC(=O)[C@@H](C)CC(=O)N[C@H](CNC(=O)CCC(N)=O)CC(C)C)C(C)C)Cc1ccccc1)C(C)C. The molecule has 0 bridgehead atoms. The maximum Gasteiger partial charge on any atom is 0.224 e. The molecule has 11 N–H and O–H groups in total. The molecule has 7 atom stereocenters. The predicted octanol–water partition coefficient (Wildman–Crippen LogP) is 2.20. The predicted molar refractivity (Wildman–Crippen MR) is 249 cm³/mol. The van der Waals surface area contributed by atoms with Crippen LogP contribution in [0.3, 0.4) is 0 Å². The summed E-state index contributed by atoms with van der Waals surface area (Å²) in [6.45, 7) is 19.8. The van der Waals surface area contributed by atoms with Crippen LogP contribution < -0.4 is 48.7 Å². The van der Waals surface area contributed by atoms with E-state index in [1.807, 2.05) is 71.9 Å². The summed E-state index contributed by atoms with van der Waals surface area (Å²) < 4.78 is 0. The average Bonchev–Trinajstić information content (AvgIpc) is 3.20. The number of hydrogen-bond donors (Lipinski definition) is 9. The summed E-state index contributed by atoms with van der Waals surface area (Å²) in [6, 6.07) is 7.89. The number of primary amides is 1. The van der Waals surface area contributed by atoms with E-state index in [0.717, 1.165) is 12.0 Å². The van der Waals surface area contributed by atoms with Gasteiger partial charge in [-0.15, -0.1) is 0 Å². The summed E-state index contributed by atoms with van der Waals surface area (Å²) in [7, 11) is 0. The van der Waals surface area contributed by atoms with Crippen LogP contribution in [0.5, 0.6) is 0 Å². The van der Waals surface area contributed by atoms with Gasteiger partial charge in [-0.2, -0.15) is 0 Å². The third kappa shape index (κ3) is 25.3. The number of nitrogens with two attached hydrogens (primary N) is 2.